The number of carbonyl (C=O) groups excluding carboxylic acids is 4. The lowest BCUT2D eigenvalue weighted by Gasteiger charge is -2.51. The quantitative estimate of drug-likeness (QED) is 0.254. The molecule has 0 aromatic heterocycles. The lowest BCUT2D eigenvalue weighted by Crippen LogP contribution is -2.61. The number of allylic oxidation sites excluding steroid dienone is 3. The number of benzene rings is 2. The second-order valence-electron chi connectivity index (χ2n) is 13.4. The molecular formula is C35H31Cl2FN2O6. The van der Waals surface area contributed by atoms with E-state index in [1.807, 2.05) is 6.08 Å². The van der Waals surface area contributed by atoms with Crippen molar-refractivity contribution in [3.8, 4) is 11.5 Å². The molecule has 2 saturated carbocycles. The summed E-state index contributed by atoms with van der Waals surface area (Å²) in [6.45, 7) is 0. The summed E-state index contributed by atoms with van der Waals surface area (Å²) in [5.41, 5.74) is 2.01. The largest absolute Gasteiger partial charge is 0.508 e. The molecule has 4 amide bonds. The van der Waals surface area contributed by atoms with Crippen LogP contribution in [0.2, 0.25) is 0 Å². The molecule has 2 saturated heterocycles. The first-order valence-corrected chi connectivity index (χ1v) is 16.6. The number of phenolic OH excluding ortho intramolecular Hbond substituents is 1. The van der Waals surface area contributed by atoms with Gasteiger partial charge in [-0.3, -0.25) is 24.1 Å². The standard InChI is InChI=1S/C35H31Cl2FN2O6/c36-34-16-26-24(11-12-25-28(26)31(43)39(30(25)42)21-4-2-1-3-5-21)29(19-14-18-15-23(41)10-13-27(18)46-17-19)35(34,37)33(45)40(32(34)44)22-8-6-20(38)7-9-22/h6-11,13,15,17,21,25-26,28-29,41H,1-5,12,14,16H2/t25-,26+,28-,29-,34+,35-/m0/s1. The summed E-state index contributed by atoms with van der Waals surface area (Å²) in [5, 5.41) is 10.2. The summed E-state index contributed by atoms with van der Waals surface area (Å²) in [6.07, 6.45) is 8.31. The van der Waals surface area contributed by atoms with E-state index in [2.05, 4.69) is 0 Å². The molecule has 3 heterocycles. The number of rotatable bonds is 3. The Balaban J connectivity index is 1.26. The van der Waals surface area contributed by atoms with Gasteiger partial charge in [-0.05, 0) is 79.6 Å². The van der Waals surface area contributed by atoms with E-state index in [0.717, 1.165) is 49.1 Å². The third kappa shape index (κ3) is 3.97. The van der Waals surface area contributed by atoms with Gasteiger partial charge < -0.3 is 9.84 Å². The number of hydrogen-bond donors (Lipinski definition) is 1. The number of nitrogens with zero attached hydrogens (tertiary/aromatic N) is 2. The van der Waals surface area contributed by atoms with Crippen LogP contribution in [-0.4, -0.2) is 49.4 Å². The van der Waals surface area contributed by atoms with E-state index in [1.54, 1.807) is 12.1 Å². The Hall–Kier alpha value is -3.69. The number of carbonyl (C=O) groups is 4. The molecule has 2 aromatic carbocycles. The Morgan fingerprint density at radius 1 is 0.913 bits per heavy atom. The molecule has 46 heavy (non-hydrogen) atoms. The van der Waals surface area contributed by atoms with Crippen molar-refractivity contribution in [2.45, 2.75) is 67.2 Å². The summed E-state index contributed by atoms with van der Waals surface area (Å²) < 4.78 is 19.9. The van der Waals surface area contributed by atoms with Crippen molar-refractivity contribution in [2.24, 2.45) is 23.7 Å². The minimum absolute atomic E-state index is 0.0320. The number of halogens is 3. The lowest BCUT2D eigenvalue weighted by atomic mass is 9.56. The van der Waals surface area contributed by atoms with Gasteiger partial charge in [0.2, 0.25) is 11.8 Å². The Kier molecular flexibility index (Phi) is 6.72. The van der Waals surface area contributed by atoms with E-state index >= 15 is 0 Å². The first-order valence-electron chi connectivity index (χ1n) is 15.8. The molecule has 2 aromatic rings. The first kappa shape index (κ1) is 29.7. The number of aromatic hydroxyl groups is 1. The van der Waals surface area contributed by atoms with Crippen molar-refractivity contribution in [3.05, 3.63) is 77.3 Å². The molecule has 6 atom stereocenters. The topological polar surface area (TPSA) is 104 Å². The molecule has 0 unspecified atom stereocenters. The summed E-state index contributed by atoms with van der Waals surface area (Å²) in [5.74, 6) is -4.92. The van der Waals surface area contributed by atoms with Crippen molar-refractivity contribution >= 4 is 52.5 Å². The van der Waals surface area contributed by atoms with Gasteiger partial charge in [-0.15, -0.1) is 23.2 Å². The molecule has 8 rings (SSSR count). The van der Waals surface area contributed by atoms with E-state index < -0.39 is 51.1 Å². The van der Waals surface area contributed by atoms with Gasteiger partial charge in [0.1, 0.15) is 17.3 Å². The van der Waals surface area contributed by atoms with Crippen molar-refractivity contribution in [3.63, 3.8) is 0 Å². The fourth-order valence-corrected chi connectivity index (χ4v) is 9.88. The maximum Gasteiger partial charge on any atom is 0.258 e. The highest BCUT2D eigenvalue weighted by molar-refractivity contribution is 6.58. The van der Waals surface area contributed by atoms with Crippen LogP contribution in [0.15, 0.2) is 65.9 Å². The van der Waals surface area contributed by atoms with Crippen molar-refractivity contribution in [1.29, 1.82) is 0 Å². The highest BCUT2D eigenvalue weighted by Gasteiger charge is 2.77. The molecule has 11 heteroatoms. The maximum atomic E-state index is 14.5. The van der Waals surface area contributed by atoms with E-state index in [-0.39, 0.29) is 42.1 Å². The van der Waals surface area contributed by atoms with Crippen molar-refractivity contribution in [1.82, 2.24) is 4.90 Å². The predicted octanol–water partition coefficient (Wildman–Crippen LogP) is 5.78. The summed E-state index contributed by atoms with van der Waals surface area (Å²) >= 11 is 14.9. The molecule has 0 bridgehead atoms. The summed E-state index contributed by atoms with van der Waals surface area (Å²) in [7, 11) is 0. The molecule has 0 radical (unpaired) electrons. The Labute approximate surface area is 274 Å². The van der Waals surface area contributed by atoms with Gasteiger partial charge >= 0.3 is 0 Å². The fourth-order valence-electron chi connectivity index (χ4n) is 8.93. The zero-order valence-electron chi connectivity index (χ0n) is 24.8. The molecule has 238 valence electrons. The number of anilines is 1. The minimum Gasteiger partial charge on any atom is -0.508 e. The first-order chi connectivity index (χ1) is 22.0. The molecule has 4 fully saturated rings. The van der Waals surface area contributed by atoms with Crippen LogP contribution in [0.4, 0.5) is 10.1 Å². The van der Waals surface area contributed by atoms with Crippen LogP contribution in [0, 0.1) is 29.5 Å². The van der Waals surface area contributed by atoms with Crippen LogP contribution in [0.1, 0.15) is 50.5 Å². The summed E-state index contributed by atoms with van der Waals surface area (Å²) in [6, 6.07) is 9.50. The molecule has 3 aliphatic carbocycles. The third-order valence-electron chi connectivity index (χ3n) is 11.0. The number of alkyl halides is 2. The molecule has 3 aliphatic heterocycles. The number of ether oxygens (including phenoxy) is 1. The van der Waals surface area contributed by atoms with Crippen LogP contribution in [0.5, 0.6) is 11.5 Å². The highest BCUT2D eigenvalue weighted by Crippen LogP contribution is 2.65. The van der Waals surface area contributed by atoms with Gasteiger partial charge in [0.15, 0.2) is 9.75 Å². The van der Waals surface area contributed by atoms with Gasteiger partial charge in [-0.2, -0.15) is 0 Å². The number of imide groups is 2. The van der Waals surface area contributed by atoms with Gasteiger partial charge in [0, 0.05) is 23.9 Å². The molecule has 1 N–H and O–H groups in total. The molecule has 0 spiro atoms. The van der Waals surface area contributed by atoms with Crippen molar-refractivity contribution < 1.29 is 33.4 Å². The van der Waals surface area contributed by atoms with Crippen LogP contribution in [-0.2, 0) is 25.6 Å². The molecular weight excluding hydrogens is 634 g/mol. The van der Waals surface area contributed by atoms with Gasteiger partial charge in [0.05, 0.1) is 23.8 Å². The van der Waals surface area contributed by atoms with Gasteiger partial charge in [0.25, 0.3) is 11.8 Å². The number of phenols is 1. The van der Waals surface area contributed by atoms with Gasteiger partial charge in [-0.1, -0.05) is 30.9 Å². The van der Waals surface area contributed by atoms with Gasteiger partial charge in [-0.25, -0.2) is 9.29 Å². The average molecular weight is 666 g/mol. The zero-order chi connectivity index (χ0) is 32.1. The zero-order valence-corrected chi connectivity index (χ0v) is 26.3. The Bertz CT molecular complexity index is 1770. The minimum atomic E-state index is -2.03. The normalized spacial score (nSPS) is 34.0. The second kappa shape index (κ2) is 10.4. The molecule has 8 nitrogen and oxygen atoms in total. The highest BCUT2D eigenvalue weighted by atomic mass is 35.5. The van der Waals surface area contributed by atoms with E-state index in [9.17, 15) is 28.7 Å². The number of amides is 4. The average Bonchev–Trinajstić information content (AvgIpc) is 3.39. The predicted molar refractivity (Wildman–Crippen MR) is 167 cm³/mol. The summed E-state index contributed by atoms with van der Waals surface area (Å²) in [4.78, 5) is 55.4. The van der Waals surface area contributed by atoms with Crippen molar-refractivity contribution in [2.75, 3.05) is 4.90 Å². The Morgan fingerprint density at radius 3 is 2.39 bits per heavy atom. The van der Waals surface area contributed by atoms with Crippen LogP contribution in [0.3, 0.4) is 0 Å². The van der Waals surface area contributed by atoms with E-state index in [4.69, 9.17) is 27.9 Å². The SMILES string of the molecule is O=C1[C@H]2[C@H](CC=C3[C@H](C4=COc5ccc(O)cc5C4)[C@]4(Cl)C(=O)N(c5ccc(F)cc5)C(=O)[C@]4(Cl)C[C@H]32)C(=O)N1C1CCCCC1. The lowest BCUT2D eigenvalue weighted by molar-refractivity contribution is -0.143. The maximum absolute atomic E-state index is 14.5. The van der Waals surface area contributed by atoms with Crippen LogP contribution < -0.4 is 9.64 Å². The number of hydrogen-bond acceptors (Lipinski definition) is 6. The third-order valence-corrected chi connectivity index (χ3v) is 12.4. The van der Waals surface area contributed by atoms with E-state index in [0.29, 0.717) is 28.9 Å². The van der Waals surface area contributed by atoms with Crippen LogP contribution >= 0.6 is 23.2 Å². The molecule has 6 aliphatic rings. The fraction of sp³-hybridized carbons (Fsp3) is 0.429. The second-order valence-corrected chi connectivity index (χ2v) is 14.6. The van der Waals surface area contributed by atoms with Crippen LogP contribution in [0.25, 0.3) is 0 Å². The smallest absolute Gasteiger partial charge is 0.258 e. The Morgan fingerprint density at radius 2 is 1.65 bits per heavy atom. The number of likely N-dealkylation sites (tertiary alicyclic amines) is 1. The monoisotopic (exact) mass is 664 g/mol. The van der Waals surface area contributed by atoms with E-state index in [1.165, 1.54) is 29.4 Å². The number of fused-ring (bicyclic) bond motifs is 5.